The first-order valence-electron chi connectivity index (χ1n) is 7.80. The molecule has 7 nitrogen and oxygen atoms in total. The van der Waals surface area contributed by atoms with E-state index in [0.717, 1.165) is 45.6 Å². The molecule has 7 heteroatoms. The lowest BCUT2D eigenvalue weighted by molar-refractivity contribution is -0.134. The molecule has 2 fully saturated rings. The van der Waals surface area contributed by atoms with Gasteiger partial charge in [0.15, 0.2) is 0 Å². The Morgan fingerprint density at radius 2 is 2.05 bits per heavy atom. The van der Waals surface area contributed by atoms with E-state index >= 15 is 0 Å². The summed E-state index contributed by atoms with van der Waals surface area (Å²) in [7, 11) is 3.68. The molecule has 1 aromatic rings. The van der Waals surface area contributed by atoms with Crippen molar-refractivity contribution in [3.63, 3.8) is 0 Å². The first kappa shape index (κ1) is 15.0. The van der Waals surface area contributed by atoms with Crippen molar-refractivity contribution >= 4 is 11.9 Å². The van der Waals surface area contributed by atoms with Gasteiger partial charge in [0.1, 0.15) is 6.04 Å². The van der Waals surface area contributed by atoms with Gasteiger partial charge in [-0.05, 0) is 19.9 Å². The third-order valence-corrected chi connectivity index (χ3v) is 4.44. The van der Waals surface area contributed by atoms with Gasteiger partial charge in [0.2, 0.25) is 17.7 Å². The Bertz CT molecular complexity index is 530. The maximum Gasteiger partial charge on any atom is 0.245 e. The van der Waals surface area contributed by atoms with Gasteiger partial charge in [-0.25, -0.2) is 4.98 Å². The number of carbonyl (C=O) groups is 1. The van der Waals surface area contributed by atoms with Crippen molar-refractivity contribution in [3.8, 4) is 5.88 Å². The van der Waals surface area contributed by atoms with E-state index in [2.05, 4.69) is 21.9 Å². The predicted molar refractivity (Wildman–Crippen MR) is 83.0 cm³/mol. The summed E-state index contributed by atoms with van der Waals surface area (Å²) < 4.78 is 5.16. The Labute approximate surface area is 130 Å². The average molecular weight is 305 g/mol. The standard InChI is InChI=1S/C15H23N5O2/c1-18-8-10-19(11-9-18)14(21)12-4-3-7-20(12)15-16-6-5-13(17-15)22-2/h5-6,12H,3-4,7-11H2,1-2H3/t12-/m0/s1. The Hall–Kier alpha value is -1.89. The molecule has 0 radical (unpaired) electrons. The van der Waals surface area contributed by atoms with Gasteiger partial charge in [-0.15, -0.1) is 0 Å². The second-order valence-electron chi connectivity index (χ2n) is 5.88. The average Bonchev–Trinajstić information content (AvgIpc) is 3.04. The van der Waals surface area contributed by atoms with E-state index in [4.69, 9.17) is 4.74 Å². The van der Waals surface area contributed by atoms with Crippen LogP contribution in [-0.4, -0.2) is 78.6 Å². The summed E-state index contributed by atoms with van der Waals surface area (Å²) in [6.45, 7) is 4.30. The minimum atomic E-state index is -0.143. The number of aromatic nitrogens is 2. The highest BCUT2D eigenvalue weighted by atomic mass is 16.5. The second-order valence-corrected chi connectivity index (χ2v) is 5.88. The molecule has 3 heterocycles. The molecule has 1 aromatic heterocycles. The number of likely N-dealkylation sites (N-methyl/N-ethyl adjacent to an activating group) is 1. The topological polar surface area (TPSA) is 61.8 Å². The fourth-order valence-electron chi connectivity index (χ4n) is 3.08. The summed E-state index contributed by atoms with van der Waals surface area (Å²) in [6, 6.07) is 1.58. The summed E-state index contributed by atoms with van der Waals surface area (Å²) in [5.74, 6) is 1.32. The zero-order valence-electron chi connectivity index (χ0n) is 13.2. The number of methoxy groups -OCH3 is 1. The van der Waals surface area contributed by atoms with Crippen LogP contribution in [0.1, 0.15) is 12.8 Å². The molecule has 0 aliphatic carbocycles. The molecule has 0 spiro atoms. The van der Waals surface area contributed by atoms with Crippen molar-refractivity contribution in [2.45, 2.75) is 18.9 Å². The molecule has 0 bridgehead atoms. The quantitative estimate of drug-likeness (QED) is 0.796. The van der Waals surface area contributed by atoms with Gasteiger partial charge in [0, 0.05) is 45.0 Å². The van der Waals surface area contributed by atoms with Crippen LogP contribution in [0.3, 0.4) is 0 Å². The van der Waals surface area contributed by atoms with Crippen LogP contribution in [0, 0.1) is 0 Å². The number of piperazine rings is 1. The van der Waals surface area contributed by atoms with Gasteiger partial charge in [-0.3, -0.25) is 4.79 Å². The number of ether oxygens (including phenoxy) is 1. The number of rotatable bonds is 3. The molecule has 0 N–H and O–H groups in total. The van der Waals surface area contributed by atoms with E-state index in [1.54, 1.807) is 19.4 Å². The van der Waals surface area contributed by atoms with Crippen molar-refractivity contribution in [3.05, 3.63) is 12.3 Å². The Morgan fingerprint density at radius 1 is 1.27 bits per heavy atom. The normalized spacial score (nSPS) is 22.9. The number of nitrogens with zero attached hydrogens (tertiary/aromatic N) is 5. The van der Waals surface area contributed by atoms with Crippen molar-refractivity contribution in [1.29, 1.82) is 0 Å². The van der Waals surface area contributed by atoms with Gasteiger partial charge in [-0.1, -0.05) is 0 Å². The SMILES string of the molecule is COc1ccnc(N2CCC[C@H]2C(=O)N2CCN(C)CC2)n1. The first-order valence-corrected chi connectivity index (χ1v) is 7.80. The van der Waals surface area contributed by atoms with Crippen LogP contribution in [-0.2, 0) is 4.79 Å². The molecule has 1 amide bonds. The smallest absolute Gasteiger partial charge is 0.245 e. The van der Waals surface area contributed by atoms with Crippen molar-refractivity contribution < 1.29 is 9.53 Å². The van der Waals surface area contributed by atoms with Crippen molar-refractivity contribution in [2.24, 2.45) is 0 Å². The van der Waals surface area contributed by atoms with Gasteiger partial charge < -0.3 is 19.4 Å². The van der Waals surface area contributed by atoms with E-state index in [9.17, 15) is 4.79 Å². The second kappa shape index (κ2) is 6.48. The summed E-state index contributed by atoms with van der Waals surface area (Å²) in [5.41, 5.74) is 0. The Balaban J connectivity index is 1.73. The number of amides is 1. The lowest BCUT2D eigenvalue weighted by atomic mass is 10.1. The van der Waals surface area contributed by atoms with E-state index in [1.165, 1.54) is 0 Å². The molecule has 0 aromatic carbocycles. The molecule has 120 valence electrons. The number of hydrogen-bond acceptors (Lipinski definition) is 6. The van der Waals surface area contributed by atoms with Crippen molar-refractivity contribution in [1.82, 2.24) is 19.8 Å². The van der Waals surface area contributed by atoms with Gasteiger partial charge in [0.25, 0.3) is 0 Å². The minimum absolute atomic E-state index is 0.143. The monoisotopic (exact) mass is 305 g/mol. The van der Waals surface area contributed by atoms with Crippen LogP contribution in [0.4, 0.5) is 5.95 Å². The Morgan fingerprint density at radius 3 is 2.77 bits per heavy atom. The highest BCUT2D eigenvalue weighted by Crippen LogP contribution is 2.25. The number of anilines is 1. The molecular weight excluding hydrogens is 282 g/mol. The van der Waals surface area contributed by atoms with E-state index < -0.39 is 0 Å². The van der Waals surface area contributed by atoms with E-state index in [-0.39, 0.29) is 11.9 Å². The molecule has 3 rings (SSSR count). The zero-order valence-corrected chi connectivity index (χ0v) is 13.2. The van der Waals surface area contributed by atoms with Crippen LogP contribution in [0.2, 0.25) is 0 Å². The third-order valence-electron chi connectivity index (χ3n) is 4.44. The minimum Gasteiger partial charge on any atom is -0.481 e. The molecule has 2 aliphatic heterocycles. The lowest BCUT2D eigenvalue weighted by Crippen LogP contribution is -2.53. The van der Waals surface area contributed by atoms with Crippen LogP contribution >= 0.6 is 0 Å². The summed E-state index contributed by atoms with van der Waals surface area (Å²) in [4.78, 5) is 27.8. The van der Waals surface area contributed by atoms with E-state index in [0.29, 0.717) is 11.8 Å². The fraction of sp³-hybridized carbons (Fsp3) is 0.667. The van der Waals surface area contributed by atoms with E-state index in [1.807, 2.05) is 9.80 Å². The molecular formula is C15H23N5O2. The van der Waals surface area contributed by atoms with Gasteiger partial charge in [-0.2, -0.15) is 4.98 Å². The largest absolute Gasteiger partial charge is 0.481 e. The predicted octanol–water partition coefficient (Wildman–Crippen LogP) is 0.228. The van der Waals surface area contributed by atoms with Crippen LogP contribution in [0.5, 0.6) is 5.88 Å². The highest BCUT2D eigenvalue weighted by molar-refractivity contribution is 5.85. The first-order chi connectivity index (χ1) is 10.7. The lowest BCUT2D eigenvalue weighted by Gasteiger charge is -2.35. The molecule has 1 atom stereocenters. The Kier molecular flexibility index (Phi) is 4.42. The molecule has 22 heavy (non-hydrogen) atoms. The molecule has 2 saturated heterocycles. The van der Waals surface area contributed by atoms with Crippen LogP contribution in [0.15, 0.2) is 12.3 Å². The summed E-state index contributed by atoms with van der Waals surface area (Å²) in [6.07, 6.45) is 3.54. The maximum absolute atomic E-state index is 12.8. The summed E-state index contributed by atoms with van der Waals surface area (Å²) >= 11 is 0. The molecule has 0 saturated carbocycles. The maximum atomic E-state index is 12.8. The van der Waals surface area contributed by atoms with Gasteiger partial charge in [0.05, 0.1) is 7.11 Å². The van der Waals surface area contributed by atoms with Crippen molar-refractivity contribution in [2.75, 3.05) is 51.8 Å². The van der Waals surface area contributed by atoms with Crippen LogP contribution in [0.25, 0.3) is 0 Å². The van der Waals surface area contributed by atoms with Gasteiger partial charge >= 0.3 is 0 Å². The summed E-state index contributed by atoms with van der Waals surface area (Å²) in [5, 5.41) is 0. The zero-order chi connectivity index (χ0) is 15.5. The number of hydrogen-bond donors (Lipinski definition) is 0. The number of carbonyl (C=O) groups excluding carboxylic acids is 1. The molecule has 0 unspecified atom stereocenters. The highest BCUT2D eigenvalue weighted by Gasteiger charge is 2.36. The fourth-order valence-corrected chi connectivity index (χ4v) is 3.08. The molecule has 2 aliphatic rings. The van der Waals surface area contributed by atoms with Crippen LogP contribution < -0.4 is 9.64 Å². The third kappa shape index (κ3) is 2.99.